The summed E-state index contributed by atoms with van der Waals surface area (Å²) in [6.07, 6.45) is -0.527. The van der Waals surface area contributed by atoms with Gasteiger partial charge in [-0.15, -0.1) is 0 Å². The molecule has 2 N–H and O–H groups in total. The standard InChI is InChI=1S/C15H21BrN2O5S/c1-14(2,3)23-13(19)18-9-15(20,10-18)8-17-24(21,22)12-7-5-4-6-11(12)16/h4-7,17,20H,8-10H2,1-3H3. The number of aliphatic hydroxyl groups is 1. The molecule has 0 atom stereocenters. The molecule has 0 saturated carbocycles. The van der Waals surface area contributed by atoms with E-state index >= 15 is 0 Å². The molecule has 0 spiro atoms. The Morgan fingerprint density at radius 1 is 1.38 bits per heavy atom. The topological polar surface area (TPSA) is 95.9 Å². The number of amides is 1. The fraction of sp³-hybridized carbons (Fsp3) is 0.533. The number of sulfonamides is 1. The van der Waals surface area contributed by atoms with Gasteiger partial charge in [0.05, 0.1) is 18.0 Å². The van der Waals surface area contributed by atoms with Crippen LogP contribution in [0.5, 0.6) is 0 Å². The predicted octanol–water partition coefficient (Wildman–Crippen LogP) is 1.71. The first-order valence-corrected chi connectivity index (χ1v) is 9.64. The van der Waals surface area contributed by atoms with Crippen molar-refractivity contribution in [1.82, 2.24) is 9.62 Å². The van der Waals surface area contributed by atoms with E-state index in [0.717, 1.165) is 0 Å². The van der Waals surface area contributed by atoms with E-state index in [0.29, 0.717) is 4.47 Å². The summed E-state index contributed by atoms with van der Waals surface area (Å²) >= 11 is 3.19. The quantitative estimate of drug-likeness (QED) is 0.772. The van der Waals surface area contributed by atoms with Crippen molar-refractivity contribution in [2.45, 2.75) is 36.9 Å². The highest BCUT2D eigenvalue weighted by atomic mass is 79.9. The van der Waals surface area contributed by atoms with E-state index < -0.39 is 27.3 Å². The smallest absolute Gasteiger partial charge is 0.410 e. The number of benzene rings is 1. The van der Waals surface area contributed by atoms with Crippen LogP contribution in [0.25, 0.3) is 0 Å². The average Bonchev–Trinajstić information content (AvgIpc) is 2.40. The Labute approximate surface area is 150 Å². The van der Waals surface area contributed by atoms with Gasteiger partial charge >= 0.3 is 6.09 Å². The van der Waals surface area contributed by atoms with Crippen LogP contribution in [0.4, 0.5) is 4.79 Å². The molecule has 0 unspecified atom stereocenters. The molecule has 1 heterocycles. The highest BCUT2D eigenvalue weighted by Crippen LogP contribution is 2.25. The Morgan fingerprint density at radius 2 is 1.96 bits per heavy atom. The largest absolute Gasteiger partial charge is 0.444 e. The van der Waals surface area contributed by atoms with Crippen molar-refractivity contribution in [2.75, 3.05) is 19.6 Å². The second-order valence-corrected chi connectivity index (χ2v) is 9.41. The fourth-order valence-electron chi connectivity index (χ4n) is 2.20. The number of ether oxygens (including phenoxy) is 1. The Kier molecular flexibility index (Phi) is 5.29. The zero-order chi connectivity index (χ0) is 18.2. The lowest BCUT2D eigenvalue weighted by Gasteiger charge is -2.46. The van der Waals surface area contributed by atoms with Gasteiger partial charge in [0.2, 0.25) is 10.0 Å². The lowest BCUT2D eigenvalue weighted by atomic mass is 9.95. The number of rotatable bonds is 4. The first-order valence-electron chi connectivity index (χ1n) is 7.36. The van der Waals surface area contributed by atoms with Crippen molar-refractivity contribution in [1.29, 1.82) is 0 Å². The molecule has 7 nitrogen and oxygen atoms in total. The third kappa shape index (κ3) is 4.69. The highest BCUT2D eigenvalue weighted by molar-refractivity contribution is 9.10. The molecular weight excluding hydrogens is 400 g/mol. The van der Waals surface area contributed by atoms with Crippen molar-refractivity contribution in [3.63, 3.8) is 0 Å². The predicted molar refractivity (Wildman–Crippen MR) is 92.1 cm³/mol. The van der Waals surface area contributed by atoms with Crippen LogP contribution in [0.1, 0.15) is 20.8 Å². The number of β-amino-alcohol motifs (C(OH)–C–C–N with tert-alkyl or cyclic N) is 1. The maximum atomic E-state index is 12.3. The van der Waals surface area contributed by atoms with Crippen LogP contribution in [0, 0.1) is 0 Å². The SMILES string of the molecule is CC(C)(C)OC(=O)N1CC(O)(CNS(=O)(=O)c2ccccc2Br)C1. The van der Waals surface area contributed by atoms with Crippen LogP contribution >= 0.6 is 15.9 Å². The Morgan fingerprint density at radius 3 is 2.50 bits per heavy atom. The van der Waals surface area contributed by atoms with Crippen LogP contribution in [-0.4, -0.2) is 55.4 Å². The van der Waals surface area contributed by atoms with Crippen molar-refractivity contribution >= 4 is 32.0 Å². The minimum Gasteiger partial charge on any atom is -0.444 e. The van der Waals surface area contributed by atoms with Gasteiger partial charge in [-0.05, 0) is 48.8 Å². The highest BCUT2D eigenvalue weighted by Gasteiger charge is 2.45. The molecule has 134 valence electrons. The van der Waals surface area contributed by atoms with E-state index in [-0.39, 0.29) is 24.5 Å². The fourth-order valence-corrected chi connectivity index (χ4v) is 4.32. The number of nitrogens with one attached hydrogen (secondary N) is 1. The van der Waals surface area contributed by atoms with Gasteiger partial charge in [0, 0.05) is 11.0 Å². The summed E-state index contributed by atoms with van der Waals surface area (Å²) in [7, 11) is -3.76. The van der Waals surface area contributed by atoms with Gasteiger partial charge in [0.1, 0.15) is 11.2 Å². The number of carbonyl (C=O) groups excluding carboxylic acids is 1. The lowest BCUT2D eigenvalue weighted by Crippen LogP contribution is -2.67. The zero-order valence-electron chi connectivity index (χ0n) is 13.7. The molecule has 24 heavy (non-hydrogen) atoms. The van der Waals surface area contributed by atoms with Crippen LogP contribution in [0.2, 0.25) is 0 Å². The van der Waals surface area contributed by atoms with Gasteiger partial charge < -0.3 is 14.7 Å². The zero-order valence-corrected chi connectivity index (χ0v) is 16.1. The van der Waals surface area contributed by atoms with Crippen LogP contribution in [0.15, 0.2) is 33.6 Å². The number of halogens is 1. The van der Waals surface area contributed by atoms with E-state index in [1.54, 1.807) is 39.0 Å². The van der Waals surface area contributed by atoms with Gasteiger partial charge in [-0.2, -0.15) is 0 Å². The van der Waals surface area contributed by atoms with Crippen molar-refractivity contribution in [2.24, 2.45) is 0 Å². The number of carbonyl (C=O) groups is 1. The van der Waals surface area contributed by atoms with E-state index in [4.69, 9.17) is 4.74 Å². The maximum Gasteiger partial charge on any atom is 0.410 e. The molecule has 1 aliphatic heterocycles. The summed E-state index contributed by atoms with van der Waals surface area (Å²) in [4.78, 5) is 13.3. The Hall–Kier alpha value is -1.16. The average molecular weight is 421 g/mol. The monoisotopic (exact) mass is 420 g/mol. The summed E-state index contributed by atoms with van der Waals surface area (Å²) in [5, 5.41) is 10.3. The van der Waals surface area contributed by atoms with E-state index in [1.165, 1.54) is 11.0 Å². The molecule has 1 aromatic carbocycles. The summed E-state index contributed by atoms with van der Waals surface area (Å²) in [5.74, 6) is 0. The van der Waals surface area contributed by atoms with Gasteiger partial charge in [-0.3, -0.25) is 0 Å². The van der Waals surface area contributed by atoms with Crippen LogP contribution < -0.4 is 4.72 Å². The molecule has 0 radical (unpaired) electrons. The van der Waals surface area contributed by atoms with Gasteiger partial charge in [-0.1, -0.05) is 12.1 Å². The summed E-state index contributed by atoms with van der Waals surface area (Å²) in [5.41, 5.74) is -1.92. The minimum atomic E-state index is -3.76. The second kappa shape index (κ2) is 6.62. The van der Waals surface area contributed by atoms with Crippen LogP contribution in [-0.2, 0) is 14.8 Å². The normalized spacial score (nSPS) is 17.3. The minimum absolute atomic E-state index is 0.0143. The number of hydrogen-bond donors (Lipinski definition) is 2. The third-order valence-corrected chi connectivity index (χ3v) is 5.75. The summed E-state index contributed by atoms with van der Waals surface area (Å²) in [6.45, 7) is 5.10. The Bertz CT molecular complexity index is 724. The van der Waals surface area contributed by atoms with E-state index in [1.807, 2.05) is 0 Å². The molecule has 1 fully saturated rings. The first-order chi connectivity index (χ1) is 10.9. The molecule has 1 aliphatic rings. The molecule has 0 bridgehead atoms. The molecule has 1 aromatic rings. The lowest BCUT2D eigenvalue weighted by molar-refractivity contribution is -0.0935. The van der Waals surface area contributed by atoms with Gasteiger partial charge in [-0.25, -0.2) is 17.9 Å². The molecule has 0 aromatic heterocycles. The molecular formula is C15H21BrN2O5S. The molecule has 1 saturated heterocycles. The molecule has 1 amide bonds. The van der Waals surface area contributed by atoms with Gasteiger partial charge in [0.25, 0.3) is 0 Å². The van der Waals surface area contributed by atoms with Crippen molar-refractivity contribution < 1.29 is 23.1 Å². The summed E-state index contributed by atoms with van der Waals surface area (Å²) in [6, 6.07) is 6.41. The van der Waals surface area contributed by atoms with E-state index in [9.17, 15) is 18.3 Å². The van der Waals surface area contributed by atoms with E-state index in [2.05, 4.69) is 20.7 Å². The maximum absolute atomic E-state index is 12.3. The van der Waals surface area contributed by atoms with Crippen molar-refractivity contribution in [3.05, 3.63) is 28.7 Å². The number of nitrogens with zero attached hydrogens (tertiary/aromatic N) is 1. The number of hydrogen-bond acceptors (Lipinski definition) is 5. The van der Waals surface area contributed by atoms with Crippen LogP contribution in [0.3, 0.4) is 0 Å². The summed E-state index contributed by atoms with van der Waals surface area (Å²) < 4.78 is 32.6. The third-order valence-electron chi connectivity index (χ3n) is 3.34. The molecule has 9 heteroatoms. The first kappa shape index (κ1) is 19.2. The second-order valence-electron chi connectivity index (χ2n) is 6.82. The van der Waals surface area contributed by atoms with Gasteiger partial charge in [0.15, 0.2) is 0 Å². The molecule has 2 rings (SSSR count). The number of likely N-dealkylation sites (tertiary alicyclic amines) is 1. The molecule has 0 aliphatic carbocycles. The van der Waals surface area contributed by atoms with Crippen molar-refractivity contribution in [3.8, 4) is 0 Å². The Balaban J connectivity index is 1.92.